The lowest BCUT2D eigenvalue weighted by Gasteiger charge is -2.40. The molecule has 1 unspecified atom stereocenters. The standard InChI is InChI=1S/C26H32N2O6/c1-26(2,3)34-25(31)28-14-13-27(24(30)32-17-18-9-5-4-6-10-18)16-19(28)15-22-20-11-7-8-12-21(20)23(29)33-22/h4-6,9-10,15,19H,7-8,11-14,16-17H2,1-3H3/b22-15-. The number of benzene rings is 1. The van der Waals surface area contributed by atoms with Crippen LogP contribution in [0.1, 0.15) is 52.0 Å². The predicted molar refractivity (Wildman–Crippen MR) is 125 cm³/mol. The highest BCUT2D eigenvalue weighted by Crippen LogP contribution is 2.37. The Hall–Kier alpha value is -3.29. The molecule has 4 rings (SSSR count). The van der Waals surface area contributed by atoms with Crippen molar-refractivity contribution in [3.8, 4) is 0 Å². The molecule has 0 bridgehead atoms. The molecule has 0 spiro atoms. The molecule has 1 aliphatic carbocycles. The summed E-state index contributed by atoms with van der Waals surface area (Å²) in [4.78, 5) is 41.3. The maximum atomic E-state index is 13.0. The second kappa shape index (κ2) is 9.91. The molecule has 1 fully saturated rings. The summed E-state index contributed by atoms with van der Waals surface area (Å²) in [7, 11) is 0. The lowest BCUT2D eigenvalue weighted by Crippen LogP contribution is -2.56. The van der Waals surface area contributed by atoms with Crippen LogP contribution in [0, 0.1) is 0 Å². The fraction of sp³-hybridized carbons (Fsp3) is 0.500. The first-order chi connectivity index (χ1) is 16.2. The topological polar surface area (TPSA) is 85.4 Å². The van der Waals surface area contributed by atoms with Crippen LogP contribution >= 0.6 is 0 Å². The van der Waals surface area contributed by atoms with Crippen molar-refractivity contribution in [1.29, 1.82) is 0 Å². The molecule has 3 aliphatic rings. The Bertz CT molecular complexity index is 1010. The summed E-state index contributed by atoms with van der Waals surface area (Å²) in [6, 6.07) is 8.96. The van der Waals surface area contributed by atoms with Gasteiger partial charge in [0, 0.05) is 30.8 Å². The largest absolute Gasteiger partial charge is 0.445 e. The van der Waals surface area contributed by atoms with Gasteiger partial charge in [-0.2, -0.15) is 0 Å². The first kappa shape index (κ1) is 23.9. The molecule has 2 heterocycles. The number of rotatable bonds is 3. The zero-order valence-electron chi connectivity index (χ0n) is 20.0. The highest BCUT2D eigenvalue weighted by Gasteiger charge is 2.37. The number of allylic oxidation sites excluding steroid dienone is 1. The van der Waals surface area contributed by atoms with E-state index in [0.29, 0.717) is 18.7 Å². The number of carbonyl (C=O) groups excluding carboxylic acids is 3. The molecule has 34 heavy (non-hydrogen) atoms. The van der Waals surface area contributed by atoms with Gasteiger partial charge in [0.05, 0.1) is 6.04 Å². The molecule has 1 saturated heterocycles. The molecule has 0 N–H and O–H groups in total. The van der Waals surface area contributed by atoms with Crippen LogP contribution in [0.5, 0.6) is 0 Å². The van der Waals surface area contributed by atoms with Crippen molar-refractivity contribution in [1.82, 2.24) is 9.80 Å². The Morgan fingerprint density at radius 3 is 2.47 bits per heavy atom. The van der Waals surface area contributed by atoms with Gasteiger partial charge in [0.1, 0.15) is 18.0 Å². The minimum absolute atomic E-state index is 0.172. The van der Waals surface area contributed by atoms with E-state index in [2.05, 4.69) is 0 Å². The van der Waals surface area contributed by atoms with Gasteiger partial charge in [-0.05, 0) is 58.1 Å². The lowest BCUT2D eigenvalue weighted by molar-refractivity contribution is -0.133. The number of nitrogens with zero attached hydrogens (tertiary/aromatic N) is 2. The maximum absolute atomic E-state index is 13.0. The van der Waals surface area contributed by atoms with Crippen molar-refractivity contribution in [2.24, 2.45) is 0 Å². The third-order valence-electron chi connectivity index (χ3n) is 6.07. The molecule has 8 nitrogen and oxygen atoms in total. The van der Waals surface area contributed by atoms with E-state index in [4.69, 9.17) is 14.2 Å². The van der Waals surface area contributed by atoms with Gasteiger partial charge >= 0.3 is 18.2 Å². The first-order valence-corrected chi connectivity index (χ1v) is 11.8. The Kier molecular flexibility index (Phi) is 6.95. The minimum Gasteiger partial charge on any atom is -0.445 e. The number of hydrogen-bond donors (Lipinski definition) is 0. The van der Waals surface area contributed by atoms with E-state index in [1.165, 1.54) is 0 Å². The third-order valence-corrected chi connectivity index (χ3v) is 6.07. The summed E-state index contributed by atoms with van der Waals surface area (Å²) in [5.41, 5.74) is 1.90. The van der Waals surface area contributed by atoms with E-state index < -0.39 is 23.8 Å². The number of piperazine rings is 1. The van der Waals surface area contributed by atoms with Crippen LogP contribution in [-0.2, 0) is 25.6 Å². The van der Waals surface area contributed by atoms with Crippen molar-refractivity contribution in [3.05, 3.63) is 58.9 Å². The normalized spacial score (nSPS) is 21.9. The molecule has 0 radical (unpaired) electrons. The minimum atomic E-state index is -0.653. The van der Waals surface area contributed by atoms with Gasteiger partial charge in [0.2, 0.25) is 0 Å². The van der Waals surface area contributed by atoms with Gasteiger partial charge in [-0.1, -0.05) is 30.3 Å². The van der Waals surface area contributed by atoms with E-state index in [9.17, 15) is 14.4 Å². The average Bonchev–Trinajstić information content (AvgIpc) is 3.12. The summed E-state index contributed by atoms with van der Waals surface area (Å²) >= 11 is 0. The Morgan fingerprint density at radius 2 is 1.76 bits per heavy atom. The number of hydrogen-bond acceptors (Lipinski definition) is 6. The summed E-state index contributed by atoms with van der Waals surface area (Å²) in [6.45, 7) is 6.43. The van der Waals surface area contributed by atoms with Crippen LogP contribution in [-0.4, -0.2) is 59.2 Å². The Balaban J connectivity index is 1.52. The number of carbonyl (C=O) groups is 3. The Labute approximate surface area is 200 Å². The van der Waals surface area contributed by atoms with E-state index >= 15 is 0 Å². The van der Waals surface area contributed by atoms with Crippen LogP contribution in [0.25, 0.3) is 0 Å². The molecule has 182 valence electrons. The molecular formula is C26H32N2O6. The monoisotopic (exact) mass is 468 g/mol. The predicted octanol–water partition coefficient (Wildman–Crippen LogP) is 4.56. The molecule has 1 aromatic rings. The fourth-order valence-corrected chi connectivity index (χ4v) is 4.41. The van der Waals surface area contributed by atoms with Crippen LogP contribution in [0.4, 0.5) is 9.59 Å². The number of ether oxygens (including phenoxy) is 3. The van der Waals surface area contributed by atoms with Crippen LogP contribution in [0.2, 0.25) is 0 Å². The zero-order valence-corrected chi connectivity index (χ0v) is 20.0. The second-order valence-corrected chi connectivity index (χ2v) is 9.81. The van der Waals surface area contributed by atoms with Crippen molar-refractivity contribution in [2.45, 2.75) is 64.7 Å². The van der Waals surface area contributed by atoms with Crippen molar-refractivity contribution >= 4 is 18.2 Å². The highest BCUT2D eigenvalue weighted by molar-refractivity contribution is 5.94. The van der Waals surface area contributed by atoms with Gasteiger partial charge < -0.3 is 19.1 Å². The summed E-state index contributed by atoms with van der Waals surface area (Å²) in [6.07, 6.45) is 4.32. The molecule has 2 amide bonds. The molecule has 1 aromatic carbocycles. The quantitative estimate of drug-likeness (QED) is 0.478. The lowest BCUT2D eigenvalue weighted by atomic mass is 9.91. The molecular weight excluding hydrogens is 436 g/mol. The van der Waals surface area contributed by atoms with Crippen LogP contribution < -0.4 is 0 Å². The van der Waals surface area contributed by atoms with E-state index in [-0.39, 0.29) is 25.7 Å². The van der Waals surface area contributed by atoms with Gasteiger partial charge in [0.25, 0.3) is 0 Å². The van der Waals surface area contributed by atoms with Gasteiger partial charge in [0.15, 0.2) is 0 Å². The molecule has 0 aromatic heterocycles. The maximum Gasteiger partial charge on any atom is 0.410 e. The fourth-order valence-electron chi connectivity index (χ4n) is 4.41. The van der Waals surface area contributed by atoms with E-state index in [0.717, 1.165) is 36.0 Å². The highest BCUT2D eigenvalue weighted by atomic mass is 16.6. The van der Waals surface area contributed by atoms with Gasteiger partial charge in [-0.3, -0.25) is 4.90 Å². The van der Waals surface area contributed by atoms with E-state index in [1.54, 1.807) is 15.9 Å². The summed E-state index contributed by atoms with van der Waals surface area (Å²) in [5.74, 6) is 0.192. The van der Waals surface area contributed by atoms with Crippen molar-refractivity contribution in [3.63, 3.8) is 0 Å². The Morgan fingerprint density at radius 1 is 1.06 bits per heavy atom. The van der Waals surface area contributed by atoms with Crippen LogP contribution in [0.3, 0.4) is 0 Å². The molecule has 0 saturated carbocycles. The summed E-state index contributed by atoms with van der Waals surface area (Å²) < 4.78 is 16.7. The molecule has 8 heteroatoms. The zero-order chi connectivity index (χ0) is 24.3. The number of esters is 1. The third kappa shape index (κ3) is 5.61. The molecule has 2 aliphatic heterocycles. The SMILES string of the molecule is CC(C)(C)OC(=O)N1CCN(C(=O)OCc2ccccc2)CC1/C=C1\OC(=O)C2=C1CCCC2. The average molecular weight is 469 g/mol. The number of amides is 2. The second-order valence-electron chi connectivity index (χ2n) is 9.81. The van der Waals surface area contributed by atoms with Gasteiger partial charge in [-0.15, -0.1) is 0 Å². The van der Waals surface area contributed by atoms with Crippen LogP contribution in [0.15, 0.2) is 53.3 Å². The smallest absolute Gasteiger partial charge is 0.410 e. The van der Waals surface area contributed by atoms with E-state index in [1.807, 2.05) is 51.1 Å². The molecule has 1 atom stereocenters. The first-order valence-electron chi connectivity index (χ1n) is 11.8. The van der Waals surface area contributed by atoms with Crippen molar-refractivity contribution in [2.75, 3.05) is 19.6 Å². The van der Waals surface area contributed by atoms with Gasteiger partial charge in [-0.25, -0.2) is 14.4 Å². The van der Waals surface area contributed by atoms with Crippen molar-refractivity contribution < 1.29 is 28.6 Å². The number of cyclic esters (lactones) is 1. The summed E-state index contributed by atoms with van der Waals surface area (Å²) in [5, 5.41) is 0.